The first kappa shape index (κ1) is 43.4. The molecule has 17 nitrogen and oxygen atoms in total. The molecule has 0 spiro atoms. The Bertz CT molecular complexity index is 2000. The van der Waals surface area contributed by atoms with Crippen molar-refractivity contribution in [2.24, 2.45) is 11.5 Å². The molecule has 0 saturated carbocycles. The second-order valence-electron chi connectivity index (χ2n) is 11.9. The van der Waals surface area contributed by atoms with Crippen LogP contribution in [0.15, 0.2) is 54.7 Å². The molecule has 1 aliphatic heterocycles. The number of halogens is 3. The minimum atomic E-state index is -5.00. The SMILES string of the molecule is N#CC1CC(F)(F)CN1C(=O)CNC(=O)c1ccnc2ccc(OCCNC(=O)CCCC(=O)NCCN)cc12.NC(=O)Cc1ccc(OS(=O)(=O)F)cc1. The maximum absolute atomic E-state index is 13.6. The molecule has 1 atom stereocenters. The Balaban J connectivity index is 0.000000452. The quantitative estimate of drug-likeness (QED) is 0.0938. The van der Waals surface area contributed by atoms with Crippen LogP contribution in [0.4, 0.5) is 12.7 Å². The number of likely N-dealkylation sites (tertiary alicyclic amines) is 1. The predicted octanol–water partition coefficient (Wildman–Crippen LogP) is 0.772. The number of nitrogens with one attached hydrogen (secondary N) is 3. The van der Waals surface area contributed by atoms with Gasteiger partial charge in [0.2, 0.25) is 23.6 Å². The van der Waals surface area contributed by atoms with Gasteiger partial charge in [-0.2, -0.15) is 13.7 Å². The summed E-state index contributed by atoms with van der Waals surface area (Å²) in [5, 5.41) is 17.3. The van der Waals surface area contributed by atoms with Crippen molar-refractivity contribution in [2.75, 3.05) is 39.3 Å². The molecule has 3 aromatic rings. The average molecular weight is 793 g/mol. The molecule has 1 unspecified atom stereocenters. The molecule has 5 amide bonds. The van der Waals surface area contributed by atoms with Gasteiger partial charge in [0.15, 0.2) is 0 Å². The number of alkyl halides is 2. The van der Waals surface area contributed by atoms with Crippen molar-refractivity contribution >= 4 is 50.9 Å². The number of nitrogens with two attached hydrogens (primary N) is 2. The van der Waals surface area contributed by atoms with Crippen LogP contribution in [0.2, 0.25) is 0 Å². The summed E-state index contributed by atoms with van der Waals surface area (Å²) in [5.74, 6) is -5.19. The number of pyridine rings is 1. The summed E-state index contributed by atoms with van der Waals surface area (Å²) in [6, 6.07) is 12.1. The number of benzene rings is 2. The number of fused-ring (bicyclic) bond motifs is 1. The Labute approximate surface area is 313 Å². The third-order valence-electron chi connectivity index (χ3n) is 7.56. The number of hydrogen-bond acceptors (Lipinski definition) is 12. The Morgan fingerprint density at radius 2 is 1.64 bits per heavy atom. The zero-order chi connectivity index (χ0) is 40.6. The van der Waals surface area contributed by atoms with Crippen LogP contribution in [-0.2, 0) is 36.1 Å². The second kappa shape index (κ2) is 20.4. The van der Waals surface area contributed by atoms with E-state index in [-0.39, 0.29) is 55.5 Å². The van der Waals surface area contributed by atoms with Crippen LogP contribution < -0.4 is 36.3 Å². The highest BCUT2D eigenvalue weighted by Gasteiger charge is 2.47. The van der Waals surface area contributed by atoms with Gasteiger partial charge in [-0.15, -0.1) is 0 Å². The molecule has 1 saturated heterocycles. The van der Waals surface area contributed by atoms with E-state index < -0.39 is 59.7 Å². The minimum absolute atomic E-state index is 0.0304. The van der Waals surface area contributed by atoms with Crippen molar-refractivity contribution in [3.8, 4) is 17.6 Å². The lowest BCUT2D eigenvalue weighted by molar-refractivity contribution is -0.131. The van der Waals surface area contributed by atoms with E-state index in [0.717, 1.165) is 4.90 Å². The summed E-state index contributed by atoms with van der Waals surface area (Å²) in [6.45, 7) is -0.310. The lowest BCUT2D eigenvalue weighted by atomic mass is 10.1. The first-order valence-electron chi connectivity index (χ1n) is 16.6. The first-order valence-corrected chi connectivity index (χ1v) is 17.9. The Kier molecular flexibility index (Phi) is 16.1. The van der Waals surface area contributed by atoms with Gasteiger partial charge in [-0.25, -0.2) is 8.78 Å². The van der Waals surface area contributed by atoms with E-state index in [0.29, 0.717) is 41.7 Å². The van der Waals surface area contributed by atoms with Gasteiger partial charge in [0.1, 0.15) is 24.1 Å². The number of primary amides is 1. The summed E-state index contributed by atoms with van der Waals surface area (Å²) < 4.78 is 69.2. The zero-order valence-corrected chi connectivity index (χ0v) is 30.1. The van der Waals surface area contributed by atoms with Crippen LogP contribution in [0.25, 0.3) is 10.9 Å². The summed E-state index contributed by atoms with van der Waals surface area (Å²) in [5.41, 5.74) is 11.5. The van der Waals surface area contributed by atoms with Crippen molar-refractivity contribution in [2.45, 2.75) is 44.1 Å². The molecule has 7 N–H and O–H groups in total. The van der Waals surface area contributed by atoms with Crippen molar-refractivity contribution in [3.63, 3.8) is 0 Å². The molecule has 1 aromatic heterocycles. The van der Waals surface area contributed by atoms with Crippen molar-refractivity contribution in [3.05, 3.63) is 65.9 Å². The topological polar surface area (TPSA) is 266 Å². The van der Waals surface area contributed by atoms with Gasteiger partial charge < -0.3 is 41.2 Å². The highest BCUT2D eigenvalue weighted by atomic mass is 32.3. The fraction of sp³-hybridized carbons (Fsp3) is 0.382. The molecule has 1 fully saturated rings. The van der Waals surface area contributed by atoms with Gasteiger partial charge in [-0.05, 0) is 48.4 Å². The number of nitrogens with zero attached hydrogens (tertiary/aromatic N) is 3. The van der Waals surface area contributed by atoms with E-state index in [1.165, 1.54) is 36.5 Å². The molecule has 21 heteroatoms. The minimum Gasteiger partial charge on any atom is -0.492 e. The number of amides is 5. The summed E-state index contributed by atoms with van der Waals surface area (Å²) in [7, 11) is -5.00. The van der Waals surface area contributed by atoms with E-state index in [2.05, 4.69) is 25.1 Å². The van der Waals surface area contributed by atoms with Gasteiger partial charge in [0, 0.05) is 43.9 Å². The smallest absolute Gasteiger partial charge is 0.488 e. The molecule has 4 rings (SSSR count). The largest absolute Gasteiger partial charge is 0.492 e. The van der Waals surface area contributed by atoms with Crippen LogP contribution >= 0.6 is 0 Å². The standard InChI is InChI=1S/C26H31F2N7O5.C8H8FNO4S/c27-26(28)13-17(14-30)35(16-26)24(38)15-34-25(39)19-6-8-31-21-5-4-18(12-20(19)21)40-11-10-33-23(37)3-1-2-22(36)32-9-7-29;9-15(12,13)14-7-3-1-6(2-4-7)5-8(10)11/h4-6,8,12,17H,1-3,7,9-11,13,15-16,29H2,(H,32,36)(H,33,37)(H,34,39);1-4H,5H2,(H2,10,11). The van der Waals surface area contributed by atoms with Crippen LogP contribution in [0, 0.1) is 11.3 Å². The number of nitriles is 1. The average Bonchev–Trinajstić information content (AvgIpc) is 3.45. The normalized spacial score (nSPS) is 14.5. The highest BCUT2D eigenvalue weighted by Crippen LogP contribution is 2.31. The lowest BCUT2D eigenvalue weighted by Gasteiger charge is -2.19. The number of aromatic nitrogens is 1. The molecule has 0 bridgehead atoms. The van der Waals surface area contributed by atoms with E-state index in [4.69, 9.17) is 21.5 Å². The summed E-state index contributed by atoms with van der Waals surface area (Å²) >= 11 is 0. The maximum atomic E-state index is 13.6. The second-order valence-corrected chi connectivity index (χ2v) is 12.9. The van der Waals surface area contributed by atoms with Gasteiger partial charge >= 0.3 is 10.5 Å². The third-order valence-corrected chi connectivity index (χ3v) is 7.95. The molecule has 0 radical (unpaired) electrons. The molecule has 2 heterocycles. The Morgan fingerprint density at radius 3 is 2.25 bits per heavy atom. The van der Waals surface area contributed by atoms with Crippen molar-refractivity contribution in [1.82, 2.24) is 25.8 Å². The summed E-state index contributed by atoms with van der Waals surface area (Å²) in [6.07, 6.45) is 1.54. The molecule has 1 aliphatic rings. The number of carbonyl (C=O) groups excluding carboxylic acids is 5. The summed E-state index contributed by atoms with van der Waals surface area (Å²) in [4.78, 5) is 64.2. The van der Waals surface area contributed by atoms with Crippen LogP contribution in [0.1, 0.15) is 41.6 Å². The van der Waals surface area contributed by atoms with E-state index in [1.807, 2.05) is 0 Å². The van der Waals surface area contributed by atoms with Crippen molar-refractivity contribution < 1.29 is 54.0 Å². The number of hydrogen-bond donors (Lipinski definition) is 5. The molecule has 0 aliphatic carbocycles. The highest BCUT2D eigenvalue weighted by molar-refractivity contribution is 7.81. The molecular weight excluding hydrogens is 753 g/mol. The van der Waals surface area contributed by atoms with Gasteiger partial charge in [0.05, 0.1) is 43.2 Å². The zero-order valence-electron chi connectivity index (χ0n) is 29.3. The van der Waals surface area contributed by atoms with Crippen LogP contribution in [0.3, 0.4) is 0 Å². The van der Waals surface area contributed by atoms with Gasteiger partial charge in [0.25, 0.3) is 11.8 Å². The number of rotatable bonds is 17. The third kappa shape index (κ3) is 15.1. The Hall–Kier alpha value is -6.01. The molecule has 55 heavy (non-hydrogen) atoms. The molecule has 296 valence electrons. The lowest BCUT2D eigenvalue weighted by Crippen LogP contribution is -2.43. The van der Waals surface area contributed by atoms with Crippen LogP contribution in [-0.4, -0.2) is 99.1 Å². The number of carbonyl (C=O) groups is 5. The van der Waals surface area contributed by atoms with Crippen molar-refractivity contribution in [1.29, 1.82) is 5.26 Å². The fourth-order valence-corrected chi connectivity index (χ4v) is 5.44. The number of ether oxygens (including phenoxy) is 1. The van der Waals surface area contributed by atoms with Gasteiger partial charge in [-0.3, -0.25) is 29.0 Å². The molecular formula is C34H39F3N8O9S. The first-order chi connectivity index (χ1) is 26.0. The maximum Gasteiger partial charge on any atom is 0.488 e. The fourth-order valence-electron chi connectivity index (χ4n) is 5.10. The van der Waals surface area contributed by atoms with Crippen LogP contribution in [0.5, 0.6) is 11.5 Å². The van der Waals surface area contributed by atoms with E-state index in [1.54, 1.807) is 24.3 Å². The monoisotopic (exact) mass is 792 g/mol. The van der Waals surface area contributed by atoms with E-state index >= 15 is 0 Å². The van der Waals surface area contributed by atoms with E-state index in [9.17, 15) is 45.1 Å². The van der Waals surface area contributed by atoms with Gasteiger partial charge in [-0.1, -0.05) is 16.0 Å². The Morgan fingerprint density at radius 1 is 0.982 bits per heavy atom. The molecule has 2 aromatic carbocycles. The predicted molar refractivity (Wildman–Crippen MR) is 189 cm³/mol.